The van der Waals surface area contributed by atoms with Gasteiger partial charge in [0, 0.05) is 30.7 Å². The van der Waals surface area contributed by atoms with Crippen molar-refractivity contribution < 1.29 is 24.2 Å². The van der Waals surface area contributed by atoms with E-state index in [1.54, 1.807) is 24.1 Å². The number of aliphatic hydroxyl groups excluding tert-OH is 1. The van der Waals surface area contributed by atoms with Crippen LogP contribution in [0.3, 0.4) is 0 Å². The van der Waals surface area contributed by atoms with Gasteiger partial charge in [0.2, 0.25) is 0 Å². The highest BCUT2D eigenvalue weighted by molar-refractivity contribution is 7.15. The van der Waals surface area contributed by atoms with Crippen molar-refractivity contribution in [2.45, 2.75) is 25.2 Å². The van der Waals surface area contributed by atoms with E-state index in [2.05, 4.69) is 20.7 Å². The summed E-state index contributed by atoms with van der Waals surface area (Å²) < 4.78 is 12.6. The summed E-state index contributed by atoms with van der Waals surface area (Å²) in [6.07, 6.45) is 4.95. The Morgan fingerprint density at radius 2 is 2.34 bits per heavy atom. The first-order chi connectivity index (χ1) is 14.0. The van der Waals surface area contributed by atoms with Crippen molar-refractivity contribution in [1.82, 2.24) is 19.8 Å². The molecule has 1 aliphatic rings. The third-order valence-corrected chi connectivity index (χ3v) is 5.09. The molecule has 0 bridgehead atoms. The number of carbonyl (C=O) groups excluding carboxylic acids is 1. The molecule has 2 aromatic heterocycles. The highest BCUT2D eigenvalue weighted by Crippen LogP contribution is 2.21. The van der Waals surface area contributed by atoms with E-state index < -0.39 is 12.1 Å². The summed E-state index contributed by atoms with van der Waals surface area (Å²) in [4.78, 5) is 22.4. The van der Waals surface area contributed by atoms with Crippen LogP contribution in [0.5, 0.6) is 0 Å². The lowest BCUT2D eigenvalue weighted by Crippen LogP contribution is -2.31. The molecule has 3 rings (SSSR count). The zero-order valence-corrected chi connectivity index (χ0v) is 17.2. The summed E-state index contributed by atoms with van der Waals surface area (Å²) >= 11 is 1.40. The number of hydroxylamine groups is 2. The molecular weight excluding hydrogens is 400 g/mol. The van der Waals surface area contributed by atoms with E-state index in [9.17, 15) is 9.90 Å². The summed E-state index contributed by atoms with van der Waals surface area (Å²) in [5, 5.41) is 21.6. The van der Waals surface area contributed by atoms with Crippen molar-refractivity contribution in [3.8, 4) is 0 Å². The lowest BCUT2D eigenvalue weighted by atomic mass is 10.2. The van der Waals surface area contributed by atoms with Crippen LogP contribution in [-0.4, -0.2) is 83.7 Å². The highest BCUT2D eigenvalue weighted by Gasteiger charge is 2.17. The minimum Gasteiger partial charge on any atom is -0.390 e. The summed E-state index contributed by atoms with van der Waals surface area (Å²) in [7, 11) is 3.26. The third kappa shape index (κ3) is 7.03. The number of aliphatic hydroxyl groups is 1. The maximum atomic E-state index is 12.2. The van der Waals surface area contributed by atoms with Gasteiger partial charge >= 0.3 is 6.03 Å². The number of hydrogen-bond donors (Lipinski definition) is 3. The van der Waals surface area contributed by atoms with Gasteiger partial charge in [-0.2, -0.15) is 10.2 Å². The van der Waals surface area contributed by atoms with Crippen LogP contribution in [0, 0.1) is 0 Å². The van der Waals surface area contributed by atoms with Gasteiger partial charge in [0.1, 0.15) is 0 Å². The maximum Gasteiger partial charge on any atom is 0.325 e. The predicted octanol–water partition coefficient (Wildman–Crippen LogP) is 0.796. The molecular formula is C17H26N6O5S. The number of hydrogen-bond acceptors (Lipinski definition) is 9. The van der Waals surface area contributed by atoms with E-state index >= 15 is 0 Å². The molecule has 0 saturated carbocycles. The summed E-state index contributed by atoms with van der Waals surface area (Å²) in [6.45, 7) is 2.42. The fourth-order valence-electron chi connectivity index (χ4n) is 2.77. The van der Waals surface area contributed by atoms with Gasteiger partial charge in [-0.15, -0.1) is 11.3 Å². The number of ether oxygens (including phenoxy) is 2. The van der Waals surface area contributed by atoms with Crippen LogP contribution >= 0.6 is 11.3 Å². The number of rotatable bonds is 9. The average Bonchev–Trinajstić information content (AvgIpc) is 3.31. The monoisotopic (exact) mass is 426 g/mol. The quantitative estimate of drug-likeness (QED) is 0.503. The molecule has 3 N–H and O–H groups in total. The largest absolute Gasteiger partial charge is 0.390 e. The van der Waals surface area contributed by atoms with E-state index in [4.69, 9.17) is 14.3 Å². The first-order valence-corrected chi connectivity index (χ1v) is 10.0. The SMILES string of the molecule is CON(C)CC(O)Cn1cc(NC(=O)Nc2ncc(CC3COCCO3)s2)cn1. The number of amides is 2. The summed E-state index contributed by atoms with van der Waals surface area (Å²) in [5.41, 5.74) is 0.513. The van der Waals surface area contributed by atoms with E-state index in [0.717, 1.165) is 4.88 Å². The Morgan fingerprint density at radius 1 is 1.48 bits per heavy atom. The van der Waals surface area contributed by atoms with Gasteiger partial charge in [-0.1, -0.05) is 0 Å². The van der Waals surface area contributed by atoms with E-state index in [-0.39, 0.29) is 12.6 Å². The Labute approximate surface area is 172 Å². The molecule has 1 saturated heterocycles. The van der Waals surface area contributed by atoms with Crippen LogP contribution in [0.25, 0.3) is 0 Å². The first kappa shape index (κ1) is 21.6. The summed E-state index contributed by atoms with van der Waals surface area (Å²) in [5.74, 6) is 0. The summed E-state index contributed by atoms with van der Waals surface area (Å²) in [6, 6.07) is -0.414. The average molecular weight is 426 g/mol. The zero-order chi connectivity index (χ0) is 20.6. The van der Waals surface area contributed by atoms with Gasteiger partial charge in [0.15, 0.2) is 5.13 Å². The first-order valence-electron chi connectivity index (χ1n) is 9.19. The van der Waals surface area contributed by atoms with Gasteiger partial charge in [-0.25, -0.2) is 9.78 Å². The molecule has 160 valence electrons. The van der Waals surface area contributed by atoms with E-state index in [1.165, 1.54) is 29.7 Å². The lowest BCUT2D eigenvalue weighted by Gasteiger charge is -2.22. The molecule has 0 aliphatic carbocycles. The second-order valence-corrected chi connectivity index (χ2v) is 7.70. The number of nitrogens with zero attached hydrogens (tertiary/aromatic N) is 4. The standard InChI is InChI=1S/C17H26N6O5S/c1-22(26-2)9-13(24)10-23-8-12(6-19-23)20-16(25)21-17-18-7-15(29-17)5-14-11-27-3-4-28-14/h6-8,13-14,24H,3-5,9-11H2,1-2H3,(H2,18,20,21,25). The van der Waals surface area contributed by atoms with Crippen LogP contribution in [0.1, 0.15) is 4.88 Å². The maximum absolute atomic E-state index is 12.2. The zero-order valence-electron chi connectivity index (χ0n) is 16.4. The second-order valence-electron chi connectivity index (χ2n) is 6.58. The molecule has 12 heteroatoms. The minimum absolute atomic E-state index is 0.0238. The van der Waals surface area contributed by atoms with Crippen molar-refractivity contribution in [3.05, 3.63) is 23.5 Å². The number of urea groups is 1. The topological polar surface area (TPSA) is 123 Å². The molecule has 2 amide bonds. The Kier molecular flexibility index (Phi) is 7.91. The van der Waals surface area contributed by atoms with Crippen LogP contribution in [0.4, 0.5) is 15.6 Å². The predicted molar refractivity (Wildman–Crippen MR) is 107 cm³/mol. The van der Waals surface area contributed by atoms with Crippen LogP contribution in [0.15, 0.2) is 18.6 Å². The van der Waals surface area contributed by atoms with E-state index in [1.807, 2.05) is 0 Å². The number of carbonyl (C=O) groups is 1. The molecule has 2 atom stereocenters. The number of likely N-dealkylation sites (N-methyl/N-ethyl adjacent to an activating group) is 1. The molecule has 2 aromatic rings. The fourth-order valence-corrected chi connectivity index (χ4v) is 3.64. The Bertz CT molecular complexity index is 778. The van der Waals surface area contributed by atoms with Gasteiger partial charge in [-0.05, 0) is 0 Å². The third-order valence-electron chi connectivity index (χ3n) is 4.16. The van der Waals surface area contributed by atoms with Gasteiger partial charge < -0.3 is 24.7 Å². The molecule has 3 heterocycles. The molecule has 0 aromatic carbocycles. The van der Waals surface area contributed by atoms with Gasteiger partial charge in [0.25, 0.3) is 0 Å². The van der Waals surface area contributed by atoms with Crippen molar-refractivity contribution in [1.29, 1.82) is 0 Å². The van der Waals surface area contributed by atoms with Crippen LogP contribution in [-0.2, 0) is 27.3 Å². The van der Waals surface area contributed by atoms with Crippen LogP contribution < -0.4 is 10.6 Å². The normalized spacial score (nSPS) is 18.0. The van der Waals surface area contributed by atoms with Crippen molar-refractivity contribution >= 4 is 28.2 Å². The second kappa shape index (κ2) is 10.6. The lowest BCUT2D eigenvalue weighted by molar-refractivity contribution is -0.129. The molecule has 1 fully saturated rings. The molecule has 0 radical (unpaired) electrons. The van der Waals surface area contributed by atoms with Gasteiger partial charge in [0.05, 0.1) is 64.1 Å². The van der Waals surface area contributed by atoms with Crippen molar-refractivity contribution in [3.63, 3.8) is 0 Å². The number of aromatic nitrogens is 3. The molecule has 0 spiro atoms. The highest BCUT2D eigenvalue weighted by atomic mass is 32.1. The Balaban J connectivity index is 1.44. The van der Waals surface area contributed by atoms with Crippen molar-refractivity contribution in [2.75, 3.05) is 51.2 Å². The fraction of sp³-hybridized carbons (Fsp3) is 0.588. The molecule has 11 nitrogen and oxygen atoms in total. The van der Waals surface area contributed by atoms with E-state index in [0.29, 0.717) is 43.6 Å². The molecule has 1 aliphatic heterocycles. The van der Waals surface area contributed by atoms with Crippen LogP contribution in [0.2, 0.25) is 0 Å². The van der Waals surface area contributed by atoms with Gasteiger partial charge in [-0.3, -0.25) is 10.00 Å². The molecule has 29 heavy (non-hydrogen) atoms. The number of anilines is 2. The smallest absolute Gasteiger partial charge is 0.325 e. The Morgan fingerprint density at radius 3 is 3.10 bits per heavy atom. The Hall–Kier alpha value is -2.09. The molecule has 2 unspecified atom stereocenters. The minimum atomic E-state index is -0.659. The number of nitrogens with one attached hydrogen (secondary N) is 2. The van der Waals surface area contributed by atoms with Crippen molar-refractivity contribution in [2.24, 2.45) is 0 Å². The number of thiazole rings is 1.